The van der Waals surface area contributed by atoms with Crippen molar-refractivity contribution in [1.29, 1.82) is 0 Å². The zero-order valence-corrected chi connectivity index (χ0v) is 17.4. The number of halogens is 2. The van der Waals surface area contributed by atoms with Crippen LogP contribution < -0.4 is 15.8 Å². The summed E-state index contributed by atoms with van der Waals surface area (Å²) < 4.78 is 6.74. The van der Waals surface area contributed by atoms with Crippen LogP contribution in [0.3, 0.4) is 0 Å². The molecule has 0 fully saturated rings. The SMILES string of the molecule is COc1c(Br)cc(Br)cc1C(=O)Nc1sc2c(c1C(N)=O)CCCC2. The summed E-state index contributed by atoms with van der Waals surface area (Å²) in [6, 6.07) is 3.48. The number of nitrogens with two attached hydrogens (primary N) is 1. The molecule has 2 aromatic rings. The molecule has 0 atom stereocenters. The molecular weight excluding hydrogens is 472 g/mol. The summed E-state index contributed by atoms with van der Waals surface area (Å²) in [4.78, 5) is 25.9. The van der Waals surface area contributed by atoms with Crippen LogP contribution in [0.4, 0.5) is 5.00 Å². The Morgan fingerprint density at radius 2 is 1.96 bits per heavy atom. The van der Waals surface area contributed by atoms with Gasteiger partial charge in [0.1, 0.15) is 10.8 Å². The number of rotatable bonds is 4. The first kappa shape index (κ1) is 18.4. The predicted molar refractivity (Wildman–Crippen MR) is 106 cm³/mol. The number of primary amides is 1. The van der Waals surface area contributed by atoms with E-state index in [9.17, 15) is 9.59 Å². The largest absolute Gasteiger partial charge is 0.495 e. The quantitative estimate of drug-likeness (QED) is 0.665. The summed E-state index contributed by atoms with van der Waals surface area (Å²) in [7, 11) is 1.50. The van der Waals surface area contributed by atoms with Crippen molar-refractivity contribution in [3.63, 3.8) is 0 Å². The van der Waals surface area contributed by atoms with Crippen LogP contribution in [0.5, 0.6) is 5.75 Å². The molecule has 0 aliphatic heterocycles. The Balaban J connectivity index is 2.00. The summed E-state index contributed by atoms with van der Waals surface area (Å²) in [6.07, 6.45) is 3.86. The molecule has 0 bridgehead atoms. The van der Waals surface area contributed by atoms with E-state index in [0.717, 1.165) is 40.6 Å². The molecule has 8 heteroatoms. The Morgan fingerprint density at radius 1 is 1.24 bits per heavy atom. The number of hydrogen-bond donors (Lipinski definition) is 2. The van der Waals surface area contributed by atoms with Crippen molar-refractivity contribution in [2.75, 3.05) is 12.4 Å². The summed E-state index contributed by atoms with van der Waals surface area (Å²) in [6.45, 7) is 0. The fourth-order valence-corrected chi connectivity index (χ4v) is 5.70. The third kappa shape index (κ3) is 3.61. The minimum atomic E-state index is -0.503. The second-order valence-electron chi connectivity index (χ2n) is 5.70. The number of nitrogens with one attached hydrogen (secondary N) is 1. The predicted octanol–water partition coefficient (Wildman–Crippen LogP) is 4.51. The van der Waals surface area contributed by atoms with Crippen LogP contribution in [0.2, 0.25) is 0 Å². The number of amides is 2. The lowest BCUT2D eigenvalue weighted by Crippen LogP contribution is -2.19. The minimum Gasteiger partial charge on any atom is -0.495 e. The van der Waals surface area contributed by atoms with Crippen molar-refractivity contribution < 1.29 is 14.3 Å². The van der Waals surface area contributed by atoms with Crippen LogP contribution in [0, 0.1) is 0 Å². The van der Waals surface area contributed by atoms with Gasteiger partial charge in [-0.05, 0) is 59.3 Å². The van der Waals surface area contributed by atoms with E-state index >= 15 is 0 Å². The van der Waals surface area contributed by atoms with Crippen LogP contribution >= 0.6 is 43.2 Å². The lowest BCUT2D eigenvalue weighted by atomic mass is 9.95. The first-order valence-electron chi connectivity index (χ1n) is 7.71. The van der Waals surface area contributed by atoms with E-state index in [0.29, 0.717) is 26.4 Å². The van der Waals surface area contributed by atoms with Gasteiger partial charge in [0.2, 0.25) is 0 Å². The fourth-order valence-electron chi connectivity index (χ4n) is 3.02. The third-order valence-corrected chi connectivity index (χ3v) is 6.36. The van der Waals surface area contributed by atoms with Gasteiger partial charge in [0.05, 0.1) is 22.7 Å². The first-order valence-corrected chi connectivity index (χ1v) is 10.1. The molecule has 3 N–H and O–H groups in total. The average Bonchev–Trinajstić information content (AvgIpc) is 2.92. The molecule has 0 saturated carbocycles. The number of carbonyl (C=O) groups is 2. The van der Waals surface area contributed by atoms with Gasteiger partial charge in [-0.15, -0.1) is 11.3 Å². The van der Waals surface area contributed by atoms with E-state index in [1.165, 1.54) is 18.4 Å². The molecule has 1 aromatic carbocycles. The van der Waals surface area contributed by atoms with Gasteiger partial charge >= 0.3 is 0 Å². The van der Waals surface area contributed by atoms with E-state index in [1.807, 2.05) is 0 Å². The molecule has 1 aliphatic carbocycles. The number of benzene rings is 1. The van der Waals surface area contributed by atoms with Gasteiger partial charge in [-0.3, -0.25) is 9.59 Å². The van der Waals surface area contributed by atoms with E-state index in [-0.39, 0.29) is 5.91 Å². The summed E-state index contributed by atoms with van der Waals surface area (Å²) in [5.74, 6) is -0.417. The van der Waals surface area contributed by atoms with Gasteiger partial charge in [0.15, 0.2) is 0 Å². The number of anilines is 1. The van der Waals surface area contributed by atoms with Crippen LogP contribution in [0.15, 0.2) is 21.1 Å². The van der Waals surface area contributed by atoms with Gasteiger partial charge in [0.25, 0.3) is 11.8 Å². The highest BCUT2D eigenvalue weighted by Gasteiger charge is 2.26. The van der Waals surface area contributed by atoms with Crippen LogP contribution in [-0.4, -0.2) is 18.9 Å². The molecule has 0 spiro atoms. The standard InChI is InChI=1S/C17H16Br2N2O3S/c1-24-14-10(6-8(18)7-11(14)19)16(23)21-17-13(15(20)22)9-4-2-3-5-12(9)25-17/h6-7H,2-5H2,1H3,(H2,20,22)(H,21,23). The Morgan fingerprint density at radius 3 is 2.64 bits per heavy atom. The maximum atomic E-state index is 12.8. The average molecular weight is 488 g/mol. The summed E-state index contributed by atoms with van der Waals surface area (Å²) >= 11 is 8.20. The Hall–Kier alpha value is -1.38. The first-order chi connectivity index (χ1) is 11.9. The van der Waals surface area contributed by atoms with Gasteiger partial charge in [0, 0.05) is 9.35 Å². The number of ether oxygens (including phenoxy) is 1. The second kappa shape index (κ2) is 7.47. The van der Waals surface area contributed by atoms with Crippen molar-refractivity contribution in [3.05, 3.63) is 42.6 Å². The van der Waals surface area contributed by atoms with E-state index in [2.05, 4.69) is 37.2 Å². The minimum absolute atomic E-state index is 0.347. The lowest BCUT2D eigenvalue weighted by molar-refractivity contribution is 0.100. The Kier molecular flexibility index (Phi) is 5.50. The topological polar surface area (TPSA) is 81.4 Å². The highest BCUT2D eigenvalue weighted by Crippen LogP contribution is 2.39. The molecule has 0 saturated heterocycles. The van der Waals surface area contributed by atoms with Crippen LogP contribution in [0.1, 0.15) is 44.0 Å². The summed E-state index contributed by atoms with van der Waals surface area (Å²) in [5.41, 5.74) is 7.38. The highest BCUT2D eigenvalue weighted by molar-refractivity contribution is 9.11. The molecule has 3 rings (SSSR count). The normalized spacial score (nSPS) is 13.2. The van der Waals surface area contributed by atoms with E-state index < -0.39 is 5.91 Å². The molecule has 1 aliphatic rings. The lowest BCUT2D eigenvalue weighted by Gasteiger charge is -2.12. The maximum absolute atomic E-state index is 12.8. The monoisotopic (exact) mass is 486 g/mol. The number of hydrogen-bond acceptors (Lipinski definition) is 4. The molecular formula is C17H16Br2N2O3S. The van der Waals surface area contributed by atoms with Crippen molar-refractivity contribution in [3.8, 4) is 5.75 Å². The molecule has 1 aromatic heterocycles. The van der Waals surface area contributed by atoms with Gasteiger partial charge in [-0.2, -0.15) is 0 Å². The van der Waals surface area contributed by atoms with Gasteiger partial charge < -0.3 is 15.8 Å². The molecule has 25 heavy (non-hydrogen) atoms. The molecule has 5 nitrogen and oxygen atoms in total. The smallest absolute Gasteiger partial charge is 0.260 e. The van der Waals surface area contributed by atoms with E-state index in [4.69, 9.17) is 10.5 Å². The molecule has 1 heterocycles. The van der Waals surface area contributed by atoms with Crippen LogP contribution in [-0.2, 0) is 12.8 Å². The Bertz CT molecular complexity index is 864. The Labute approximate surface area is 166 Å². The molecule has 0 radical (unpaired) electrons. The fraction of sp³-hybridized carbons (Fsp3) is 0.294. The summed E-state index contributed by atoms with van der Waals surface area (Å²) in [5, 5.41) is 3.37. The van der Waals surface area contributed by atoms with E-state index in [1.54, 1.807) is 12.1 Å². The van der Waals surface area contributed by atoms with Gasteiger partial charge in [-0.1, -0.05) is 15.9 Å². The van der Waals surface area contributed by atoms with Crippen molar-refractivity contribution >= 4 is 60.0 Å². The molecule has 0 unspecified atom stereocenters. The number of methoxy groups -OCH3 is 1. The van der Waals surface area contributed by atoms with Gasteiger partial charge in [-0.25, -0.2) is 0 Å². The number of thiophene rings is 1. The van der Waals surface area contributed by atoms with Crippen molar-refractivity contribution in [2.45, 2.75) is 25.7 Å². The van der Waals surface area contributed by atoms with Crippen molar-refractivity contribution in [1.82, 2.24) is 0 Å². The molecule has 132 valence electrons. The maximum Gasteiger partial charge on any atom is 0.260 e. The second-order valence-corrected chi connectivity index (χ2v) is 8.58. The van der Waals surface area contributed by atoms with Crippen molar-refractivity contribution in [2.24, 2.45) is 5.73 Å². The number of aryl methyl sites for hydroxylation is 1. The zero-order valence-electron chi connectivity index (χ0n) is 13.4. The number of fused-ring (bicyclic) bond motifs is 1. The zero-order chi connectivity index (χ0) is 18.1. The molecule has 2 amide bonds. The number of carbonyl (C=O) groups excluding carboxylic acids is 2. The highest BCUT2D eigenvalue weighted by atomic mass is 79.9. The van der Waals surface area contributed by atoms with Crippen LogP contribution in [0.25, 0.3) is 0 Å². The third-order valence-electron chi connectivity index (χ3n) is 4.10.